The molecule has 0 N–H and O–H groups in total. The quantitative estimate of drug-likeness (QED) is 0.456. The summed E-state index contributed by atoms with van der Waals surface area (Å²) in [7, 11) is 0. The third kappa shape index (κ3) is 6.44. The molecule has 1 aromatic heterocycles. The molecule has 4 rings (SSSR count). The van der Waals surface area contributed by atoms with E-state index in [1.807, 2.05) is 39.4 Å². The fraction of sp³-hybridized carbons (Fsp3) is 0.308. The monoisotopic (exact) mass is 499 g/mol. The van der Waals surface area contributed by atoms with Crippen molar-refractivity contribution in [3.8, 4) is 0 Å². The SMILES string of the molecule is O=C(Cc1cccs1)N(CCN1CCN(C(=O)c2ccccc2Cl)CC1)Cc1ccc(F)cc1. The molecule has 0 saturated carbocycles. The van der Waals surface area contributed by atoms with Gasteiger partial charge in [0.2, 0.25) is 5.91 Å². The highest BCUT2D eigenvalue weighted by molar-refractivity contribution is 7.10. The molecule has 0 unspecified atom stereocenters. The van der Waals surface area contributed by atoms with E-state index in [0.717, 1.165) is 23.5 Å². The van der Waals surface area contributed by atoms with E-state index in [1.165, 1.54) is 12.1 Å². The molecular weight excluding hydrogens is 473 g/mol. The molecule has 8 heteroatoms. The van der Waals surface area contributed by atoms with Crippen molar-refractivity contribution < 1.29 is 14.0 Å². The number of piperazine rings is 1. The van der Waals surface area contributed by atoms with Crippen molar-refractivity contribution in [2.45, 2.75) is 13.0 Å². The number of hydrogen-bond acceptors (Lipinski definition) is 4. The van der Waals surface area contributed by atoms with E-state index in [1.54, 1.807) is 35.6 Å². The minimum atomic E-state index is -0.288. The average molecular weight is 500 g/mol. The first-order chi connectivity index (χ1) is 16.5. The molecule has 1 aliphatic rings. The van der Waals surface area contributed by atoms with Gasteiger partial charge in [0, 0.05) is 50.7 Å². The Morgan fingerprint density at radius 3 is 2.38 bits per heavy atom. The first-order valence-electron chi connectivity index (χ1n) is 11.3. The van der Waals surface area contributed by atoms with Gasteiger partial charge in [-0.25, -0.2) is 4.39 Å². The number of thiophene rings is 1. The maximum Gasteiger partial charge on any atom is 0.255 e. The molecule has 2 aromatic carbocycles. The van der Waals surface area contributed by atoms with E-state index in [4.69, 9.17) is 11.6 Å². The van der Waals surface area contributed by atoms with Crippen LogP contribution in [-0.4, -0.2) is 65.8 Å². The Morgan fingerprint density at radius 2 is 1.71 bits per heavy atom. The second-order valence-corrected chi connectivity index (χ2v) is 9.75. The lowest BCUT2D eigenvalue weighted by atomic mass is 10.1. The van der Waals surface area contributed by atoms with Crippen molar-refractivity contribution in [3.05, 3.63) is 92.9 Å². The maximum atomic E-state index is 13.3. The largest absolute Gasteiger partial charge is 0.337 e. The Balaban J connectivity index is 1.33. The normalized spacial score (nSPS) is 14.2. The fourth-order valence-electron chi connectivity index (χ4n) is 4.02. The minimum absolute atomic E-state index is 0.0469. The van der Waals surface area contributed by atoms with Crippen molar-refractivity contribution in [1.29, 1.82) is 0 Å². The first kappa shape index (κ1) is 24.4. The summed E-state index contributed by atoms with van der Waals surface area (Å²) < 4.78 is 13.3. The molecule has 1 saturated heterocycles. The van der Waals surface area contributed by atoms with E-state index in [-0.39, 0.29) is 17.6 Å². The van der Waals surface area contributed by atoms with E-state index in [2.05, 4.69) is 4.90 Å². The molecule has 0 spiro atoms. The van der Waals surface area contributed by atoms with Gasteiger partial charge in [-0.05, 0) is 41.3 Å². The van der Waals surface area contributed by atoms with Gasteiger partial charge in [-0.15, -0.1) is 11.3 Å². The summed E-state index contributed by atoms with van der Waals surface area (Å²) in [5.74, 6) is -0.280. The van der Waals surface area contributed by atoms with Gasteiger partial charge in [0.15, 0.2) is 0 Å². The Kier molecular flexibility index (Phi) is 8.32. The van der Waals surface area contributed by atoms with Crippen LogP contribution in [0.5, 0.6) is 0 Å². The van der Waals surface area contributed by atoms with Crippen LogP contribution in [0.15, 0.2) is 66.0 Å². The topological polar surface area (TPSA) is 43.9 Å². The van der Waals surface area contributed by atoms with Crippen LogP contribution in [-0.2, 0) is 17.8 Å². The standard InChI is InChI=1S/C26H27ClFN3O2S/c27-24-6-2-1-5-23(24)26(33)30-14-11-29(12-15-30)13-16-31(19-20-7-9-21(28)10-8-20)25(32)18-22-4-3-17-34-22/h1-10,17H,11-16,18-19H2. The highest BCUT2D eigenvalue weighted by Gasteiger charge is 2.24. The second-order valence-electron chi connectivity index (χ2n) is 8.31. The zero-order valence-corrected chi connectivity index (χ0v) is 20.4. The van der Waals surface area contributed by atoms with E-state index in [0.29, 0.717) is 49.7 Å². The van der Waals surface area contributed by atoms with Crippen molar-refractivity contribution in [1.82, 2.24) is 14.7 Å². The second kappa shape index (κ2) is 11.6. The molecule has 1 fully saturated rings. The van der Waals surface area contributed by atoms with Crippen LogP contribution in [0.25, 0.3) is 0 Å². The number of nitrogens with zero attached hydrogens (tertiary/aromatic N) is 3. The molecule has 1 aliphatic heterocycles. The number of hydrogen-bond donors (Lipinski definition) is 0. The Bertz CT molecular complexity index is 1100. The van der Waals surface area contributed by atoms with Gasteiger partial charge in [0.05, 0.1) is 17.0 Å². The molecule has 178 valence electrons. The van der Waals surface area contributed by atoms with Crippen LogP contribution in [0.1, 0.15) is 20.8 Å². The third-order valence-corrected chi connectivity index (χ3v) is 7.20. The van der Waals surface area contributed by atoms with Crippen LogP contribution in [0, 0.1) is 5.82 Å². The highest BCUT2D eigenvalue weighted by atomic mass is 35.5. The lowest BCUT2D eigenvalue weighted by Gasteiger charge is -2.36. The summed E-state index contributed by atoms with van der Waals surface area (Å²) in [5, 5.41) is 2.44. The smallest absolute Gasteiger partial charge is 0.255 e. The molecule has 3 aromatic rings. The van der Waals surface area contributed by atoms with Gasteiger partial charge in [0.25, 0.3) is 5.91 Å². The average Bonchev–Trinajstić information content (AvgIpc) is 3.36. The summed E-state index contributed by atoms with van der Waals surface area (Å²) >= 11 is 7.76. The van der Waals surface area contributed by atoms with E-state index >= 15 is 0 Å². The minimum Gasteiger partial charge on any atom is -0.337 e. The Hall–Kier alpha value is -2.74. The van der Waals surface area contributed by atoms with Crippen molar-refractivity contribution in [3.63, 3.8) is 0 Å². The summed E-state index contributed by atoms with van der Waals surface area (Å²) in [6.07, 6.45) is 0.360. The molecule has 34 heavy (non-hydrogen) atoms. The summed E-state index contributed by atoms with van der Waals surface area (Å²) in [6.45, 7) is 4.43. The van der Waals surface area contributed by atoms with Gasteiger partial charge in [-0.2, -0.15) is 0 Å². The third-order valence-electron chi connectivity index (χ3n) is 5.99. The molecule has 2 amide bonds. The number of carbonyl (C=O) groups excluding carboxylic acids is 2. The summed E-state index contributed by atoms with van der Waals surface area (Å²) in [6, 6.07) is 17.3. The fourth-order valence-corrected chi connectivity index (χ4v) is 4.93. The zero-order chi connectivity index (χ0) is 23.9. The highest BCUT2D eigenvalue weighted by Crippen LogP contribution is 2.18. The van der Waals surface area contributed by atoms with Crippen LogP contribution in [0.2, 0.25) is 5.02 Å². The zero-order valence-electron chi connectivity index (χ0n) is 18.8. The molecular formula is C26H27ClFN3O2S. The van der Waals surface area contributed by atoms with Gasteiger partial charge in [-0.3, -0.25) is 14.5 Å². The van der Waals surface area contributed by atoms with Crippen molar-refractivity contribution in [2.24, 2.45) is 0 Å². The van der Waals surface area contributed by atoms with E-state index in [9.17, 15) is 14.0 Å². The lowest BCUT2D eigenvalue weighted by molar-refractivity contribution is -0.131. The van der Waals surface area contributed by atoms with Crippen LogP contribution in [0.3, 0.4) is 0 Å². The summed E-state index contributed by atoms with van der Waals surface area (Å²) in [5.41, 5.74) is 1.43. The predicted octanol–water partition coefficient (Wildman–Crippen LogP) is 4.57. The number of carbonyl (C=O) groups is 2. The molecule has 0 aliphatic carbocycles. The predicted molar refractivity (Wildman–Crippen MR) is 134 cm³/mol. The first-order valence-corrected chi connectivity index (χ1v) is 12.6. The number of amides is 2. The molecule has 5 nitrogen and oxygen atoms in total. The number of halogens is 2. The number of benzene rings is 2. The van der Waals surface area contributed by atoms with Gasteiger partial charge in [-0.1, -0.05) is 41.9 Å². The maximum absolute atomic E-state index is 13.3. The van der Waals surface area contributed by atoms with E-state index < -0.39 is 0 Å². The Morgan fingerprint density at radius 1 is 0.971 bits per heavy atom. The van der Waals surface area contributed by atoms with Crippen molar-refractivity contribution >= 4 is 34.8 Å². The van der Waals surface area contributed by atoms with Gasteiger partial charge >= 0.3 is 0 Å². The van der Waals surface area contributed by atoms with Crippen LogP contribution < -0.4 is 0 Å². The molecule has 0 radical (unpaired) electrons. The molecule has 0 bridgehead atoms. The molecule has 2 heterocycles. The summed E-state index contributed by atoms with van der Waals surface area (Å²) in [4.78, 5) is 32.8. The molecule has 0 atom stereocenters. The van der Waals surface area contributed by atoms with Gasteiger partial charge < -0.3 is 9.80 Å². The van der Waals surface area contributed by atoms with Crippen LogP contribution in [0.4, 0.5) is 4.39 Å². The lowest BCUT2D eigenvalue weighted by Crippen LogP contribution is -2.50. The Labute approximate surface area is 208 Å². The van der Waals surface area contributed by atoms with Crippen molar-refractivity contribution in [2.75, 3.05) is 39.3 Å². The van der Waals surface area contributed by atoms with Gasteiger partial charge in [0.1, 0.15) is 5.82 Å². The number of rotatable bonds is 8. The van der Waals surface area contributed by atoms with Crippen LogP contribution >= 0.6 is 22.9 Å².